The van der Waals surface area contributed by atoms with Gasteiger partial charge in [0.25, 0.3) is 0 Å². The summed E-state index contributed by atoms with van der Waals surface area (Å²) < 4.78 is 10.9. The van der Waals surface area contributed by atoms with Crippen LogP contribution in [0.15, 0.2) is 60.7 Å². The van der Waals surface area contributed by atoms with Crippen LogP contribution in [0.1, 0.15) is 88.2 Å². The summed E-state index contributed by atoms with van der Waals surface area (Å²) in [6.07, 6.45) is 13.7. The zero-order valence-corrected chi connectivity index (χ0v) is 21.7. The molecule has 5 heteroatoms. The van der Waals surface area contributed by atoms with Gasteiger partial charge < -0.3 is 9.47 Å². The molecule has 0 bridgehead atoms. The average molecular weight is 494 g/mol. The molecule has 0 unspecified atom stereocenters. The van der Waals surface area contributed by atoms with Gasteiger partial charge in [-0.1, -0.05) is 118 Å². The number of carbonyl (C=O) groups excluding carboxylic acids is 2. The number of hydrogen-bond acceptors (Lipinski definition) is 4. The van der Waals surface area contributed by atoms with Gasteiger partial charge in [0.2, 0.25) is 5.91 Å². The molecule has 0 N–H and O–H groups in total. The number of rotatable bonds is 18. The summed E-state index contributed by atoms with van der Waals surface area (Å²) in [6.45, 7) is 1.86. The fraction of sp³-hybridized carbons (Fsp3) is 0.548. The fourth-order valence-electron chi connectivity index (χ4n) is 4.76. The van der Waals surface area contributed by atoms with Crippen molar-refractivity contribution in [3.05, 3.63) is 71.8 Å². The van der Waals surface area contributed by atoms with Gasteiger partial charge in [0.05, 0.1) is 12.6 Å². The van der Waals surface area contributed by atoms with E-state index in [1.54, 1.807) is 0 Å². The third kappa shape index (κ3) is 10.5. The van der Waals surface area contributed by atoms with Gasteiger partial charge in [-0.05, 0) is 30.4 Å². The molecule has 0 saturated carbocycles. The maximum atomic E-state index is 12.7. The first-order valence-corrected chi connectivity index (χ1v) is 13.9. The lowest BCUT2D eigenvalue weighted by Gasteiger charge is -2.19. The maximum Gasteiger partial charge on any atom is 0.416 e. The van der Waals surface area contributed by atoms with Crippen molar-refractivity contribution in [1.82, 2.24) is 4.90 Å². The lowest BCUT2D eigenvalue weighted by atomic mass is 10.0. The van der Waals surface area contributed by atoms with Gasteiger partial charge in [-0.2, -0.15) is 0 Å². The number of cyclic esters (lactones) is 1. The van der Waals surface area contributed by atoms with Crippen molar-refractivity contribution in [3.8, 4) is 0 Å². The number of carbonyl (C=O) groups is 2. The van der Waals surface area contributed by atoms with E-state index in [9.17, 15) is 9.59 Å². The molecule has 36 heavy (non-hydrogen) atoms. The Labute approximate surface area is 217 Å². The van der Waals surface area contributed by atoms with Crippen molar-refractivity contribution in [1.29, 1.82) is 0 Å². The highest BCUT2D eigenvalue weighted by atomic mass is 16.6. The van der Waals surface area contributed by atoms with Crippen LogP contribution in [-0.2, 0) is 27.3 Å². The number of nitrogens with zero attached hydrogens (tertiary/aromatic N) is 1. The van der Waals surface area contributed by atoms with E-state index in [0.717, 1.165) is 37.9 Å². The van der Waals surface area contributed by atoms with E-state index in [1.807, 2.05) is 36.4 Å². The Hall–Kier alpha value is -2.66. The number of hydrogen-bond donors (Lipinski definition) is 0. The first kappa shape index (κ1) is 27.9. The van der Waals surface area contributed by atoms with E-state index < -0.39 is 6.09 Å². The van der Waals surface area contributed by atoms with Crippen molar-refractivity contribution < 1.29 is 19.1 Å². The van der Waals surface area contributed by atoms with Crippen LogP contribution in [0.25, 0.3) is 0 Å². The molecule has 3 rings (SSSR count). The predicted octanol–water partition coefficient (Wildman–Crippen LogP) is 7.47. The van der Waals surface area contributed by atoms with Crippen LogP contribution in [0.5, 0.6) is 0 Å². The largest absolute Gasteiger partial charge is 0.447 e. The van der Waals surface area contributed by atoms with Crippen molar-refractivity contribution >= 4 is 12.0 Å². The molecule has 1 fully saturated rings. The molecular formula is C31H43NO4. The number of amides is 2. The molecule has 1 aliphatic heterocycles. The molecule has 0 aliphatic carbocycles. The van der Waals surface area contributed by atoms with Gasteiger partial charge >= 0.3 is 6.09 Å². The van der Waals surface area contributed by atoms with E-state index in [2.05, 4.69) is 24.3 Å². The lowest BCUT2D eigenvalue weighted by molar-refractivity contribution is -0.129. The van der Waals surface area contributed by atoms with Crippen LogP contribution in [-0.4, -0.2) is 36.2 Å². The first-order chi connectivity index (χ1) is 17.7. The zero-order chi connectivity index (χ0) is 25.3. The molecular weight excluding hydrogens is 450 g/mol. The molecule has 196 valence electrons. The molecule has 2 aromatic carbocycles. The van der Waals surface area contributed by atoms with Crippen molar-refractivity contribution in [2.45, 2.75) is 96.1 Å². The van der Waals surface area contributed by atoms with Crippen molar-refractivity contribution in [2.75, 3.05) is 13.2 Å². The Bertz CT molecular complexity index is 871. The van der Waals surface area contributed by atoms with Gasteiger partial charge in [0.1, 0.15) is 6.61 Å². The Kier molecular flexibility index (Phi) is 13.1. The van der Waals surface area contributed by atoms with Gasteiger partial charge in [0, 0.05) is 13.0 Å². The summed E-state index contributed by atoms with van der Waals surface area (Å²) in [5.74, 6) is -0.0936. The standard InChI is InChI=1S/C31H43NO4/c33-30(32-29(26-36-31(32)34)24-27-18-12-10-13-19-27)22-16-8-6-4-2-1-3-5-7-9-17-23-35-25-28-20-14-11-15-21-28/h10-15,18-21,29H,1-9,16-17,22-26H2/t29-/m1/s1. The van der Waals surface area contributed by atoms with Crippen LogP contribution in [0.2, 0.25) is 0 Å². The van der Waals surface area contributed by atoms with Crippen LogP contribution in [0.4, 0.5) is 4.79 Å². The topological polar surface area (TPSA) is 55.8 Å². The average Bonchev–Trinajstić information content (AvgIpc) is 3.27. The monoisotopic (exact) mass is 493 g/mol. The highest BCUT2D eigenvalue weighted by molar-refractivity contribution is 5.93. The normalized spacial score (nSPS) is 15.3. The number of unbranched alkanes of at least 4 members (excludes halogenated alkanes) is 10. The zero-order valence-electron chi connectivity index (χ0n) is 21.7. The Morgan fingerprint density at radius 3 is 1.89 bits per heavy atom. The van der Waals surface area contributed by atoms with Gasteiger partial charge in [-0.15, -0.1) is 0 Å². The number of benzene rings is 2. The predicted molar refractivity (Wildman–Crippen MR) is 144 cm³/mol. The molecule has 5 nitrogen and oxygen atoms in total. The van der Waals surface area contributed by atoms with E-state index in [-0.39, 0.29) is 11.9 Å². The molecule has 2 aromatic rings. The second kappa shape index (κ2) is 16.9. The molecule has 0 radical (unpaired) electrons. The second-order valence-electron chi connectivity index (χ2n) is 9.86. The Morgan fingerprint density at radius 2 is 1.28 bits per heavy atom. The van der Waals surface area contributed by atoms with Crippen molar-refractivity contribution in [2.24, 2.45) is 0 Å². The van der Waals surface area contributed by atoms with Crippen LogP contribution in [0, 0.1) is 0 Å². The number of ether oxygens (including phenoxy) is 2. The van der Waals surface area contributed by atoms with Gasteiger partial charge in [0.15, 0.2) is 0 Å². The quantitative estimate of drug-likeness (QED) is 0.202. The van der Waals surface area contributed by atoms with E-state index in [4.69, 9.17) is 9.47 Å². The Morgan fingerprint density at radius 1 is 0.750 bits per heavy atom. The molecule has 2 amide bonds. The molecule has 1 atom stereocenters. The van der Waals surface area contributed by atoms with E-state index >= 15 is 0 Å². The maximum absolute atomic E-state index is 12.7. The first-order valence-electron chi connectivity index (χ1n) is 13.9. The van der Waals surface area contributed by atoms with Crippen LogP contribution >= 0.6 is 0 Å². The molecule has 0 spiro atoms. The lowest BCUT2D eigenvalue weighted by Crippen LogP contribution is -2.40. The minimum atomic E-state index is -0.486. The Balaban J connectivity index is 1.12. The third-order valence-electron chi connectivity index (χ3n) is 6.83. The van der Waals surface area contributed by atoms with Crippen LogP contribution in [0.3, 0.4) is 0 Å². The van der Waals surface area contributed by atoms with E-state index in [1.165, 1.54) is 55.4 Å². The molecule has 1 saturated heterocycles. The van der Waals surface area contributed by atoms with Gasteiger partial charge in [-0.3, -0.25) is 4.79 Å². The SMILES string of the molecule is O=C(CCCCCCCCCCCCCOCc1ccccc1)N1C(=O)OC[C@H]1Cc1ccccc1. The minimum Gasteiger partial charge on any atom is -0.447 e. The van der Waals surface area contributed by atoms with Crippen molar-refractivity contribution in [3.63, 3.8) is 0 Å². The summed E-state index contributed by atoms with van der Waals surface area (Å²) >= 11 is 0. The molecule has 1 heterocycles. The van der Waals surface area contributed by atoms with E-state index in [0.29, 0.717) is 26.1 Å². The second-order valence-corrected chi connectivity index (χ2v) is 9.86. The smallest absolute Gasteiger partial charge is 0.416 e. The third-order valence-corrected chi connectivity index (χ3v) is 6.83. The van der Waals surface area contributed by atoms with Crippen LogP contribution < -0.4 is 0 Å². The molecule has 1 aliphatic rings. The summed E-state index contributed by atoms with van der Waals surface area (Å²) in [6, 6.07) is 20.1. The minimum absolute atomic E-state index is 0.0936. The highest BCUT2D eigenvalue weighted by Crippen LogP contribution is 2.20. The summed E-state index contributed by atoms with van der Waals surface area (Å²) in [5.41, 5.74) is 2.36. The number of imide groups is 1. The summed E-state index contributed by atoms with van der Waals surface area (Å²) in [7, 11) is 0. The fourth-order valence-corrected chi connectivity index (χ4v) is 4.76. The molecule has 0 aromatic heterocycles. The van der Waals surface area contributed by atoms with Gasteiger partial charge in [-0.25, -0.2) is 9.69 Å². The summed E-state index contributed by atoms with van der Waals surface area (Å²) in [5, 5.41) is 0. The summed E-state index contributed by atoms with van der Waals surface area (Å²) in [4.78, 5) is 26.1. The highest BCUT2D eigenvalue weighted by Gasteiger charge is 2.37.